The maximum absolute atomic E-state index is 9.44. The van der Waals surface area contributed by atoms with Crippen LogP contribution in [0.1, 0.15) is 23.5 Å². The highest BCUT2D eigenvalue weighted by atomic mass is 32.1. The van der Waals surface area contributed by atoms with Gasteiger partial charge in [0.05, 0.1) is 16.5 Å². The number of rotatable bonds is 4. The number of aromatic nitrogens is 1. The summed E-state index contributed by atoms with van der Waals surface area (Å²) < 4.78 is 5.60. The van der Waals surface area contributed by atoms with E-state index in [9.17, 15) is 5.11 Å². The van der Waals surface area contributed by atoms with Crippen LogP contribution in [0.5, 0.6) is 5.75 Å². The minimum atomic E-state index is -0.466. The number of thiazole rings is 1. The molecule has 0 aliphatic rings. The highest BCUT2D eigenvalue weighted by molar-refractivity contribution is 7.09. The molecule has 84 valence electrons. The van der Waals surface area contributed by atoms with Crippen LogP contribution in [0.2, 0.25) is 0 Å². The van der Waals surface area contributed by atoms with Gasteiger partial charge in [-0.15, -0.1) is 11.3 Å². The molecule has 0 radical (unpaired) electrons. The summed E-state index contributed by atoms with van der Waals surface area (Å²) in [4.78, 5) is 5.06. The van der Waals surface area contributed by atoms with Crippen molar-refractivity contribution in [1.82, 2.24) is 4.98 Å². The van der Waals surface area contributed by atoms with Gasteiger partial charge in [0.1, 0.15) is 12.4 Å². The number of aliphatic hydroxyl groups is 1. The zero-order valence-electron chi connectivity index (χ0n) is 8.96. The smallest absolute Gasteiger partial charge is 0.124 e. The predicted octanol–water partition coefficient (Wildman–Crippen LogP) is 2.78. The van der Waals surface area contributed by atoms with Gasteiger partial charge in [-0.2, -0.15) is 0 Å². The average molecular weight is 235 g/mol. The molecule has 0 aliphatic carbocycles. The van der Waals surface area contributed by atoms with E-state index >= 15 is 0 Å². The first-order valence-electron chi connectivity index (χ1n) is 5.04. The number of nitrogens with zero attached hydrogens (tertiary/aromatic N) is 1. The molecule has 1 N–H and O–H groups in total. The molecule has 0 amide bonds. The van der Waals surface area contributed by atoms with Crippen LogP contribution < -0.4 is 4.74 Å². The minimum absolute atomic E-state index is 0.466. The first kappa shape index (κ1) is 11.1. The molecule has 1 atom stereocenters. The Balaban J connectivity index is 2.01. The van der Waals surface area contributed by atoms with Gasteiger partial charge in [-0.1, -0.05) is 12.1 Å². The van der Waals surface area contributed by atoms with Crippen molar-refractivity contribution < 1.29 is 9.84 Å². The van der Waals surface area contributed by atoms with Crippen molar-refractivity contribution in [3.05, 3.63) is 46.4 Å². The Morgan fingerprint density at radius 2 is 2.38 bits per heavy atom. The molecular formula is C12H13NO2S. The summed E-state index contributed by atoms with van der Waals surface area (Å²) in [5, 5.41) is 9.44. The van der Waals surface area contributed by atoms with Crippen LogP contribution in [0, 0.1) is 0 Å². The molecule has 1 aromatic heterocycles. The minimum Gasteiger partial charge on any atom is -0.488 e. The van der Waals surface area contributed by atoms with Crippen molar-refractivity contribution in [2.45, 2.75) is 19.6 Å². The van der Waals surface area contributed by atoms with E-state index in [1.807, 2.05) is 24.3 Å². The summed E-state index contributed by atoms with van der Waals surface area (Å²) >= 11 is 1.57. The fourth-order valence-electron chi connectivity index (χ4n) is 1.33. The number of ether oxygens (including phenoxy) is 1. The molecule has 0 saturated heterocycles. The Morgan fingerprint density at radius 1 is 1.50 bits per heavy atom. The second kappa shape index (κ2) is 5.09. The molecule has 0 spiro atoms. The SMILES string of the molecule is C[C@H](O)c1cccc(OCc2cncs2)c1. The van der Waals surface area contributed by atoms with Gasteiger partial charge in [0.25, 0.3) is 0 Å². The predicted molar refractivity (Wildman–Crippen MR) is 63.5 cm³/mol. The third-order valence-electron chi connectivity index (χ3n) is 2.21. The monoisotopic (exact) mass is 235 g/mol. The standard InChI is InChI=1S/C12H13NO2S/c1-9(14)10-3-2-4-11(5-10)15-7-12-6-13-8-16-12/h2-6,8-9,14H,7H2,1H3/t9-/m0/s1. The maximum Gasteiger partial charge on any atom is 0.124 e. The number of hydrogen-bond acceptors (Lipinski definition) is 4. The van der Waals surface area contributed by atoms with Crippen LogP contribution in [0.25, 0.3) is 0 Å². The summed E-state index contributed by atoms with van der Waals surface area (Å²) in [5.41, 5.74) is 2.65. The summed E-state index contributed by atoms with van der Waals surface area (Å²) in [5.74, 6) is 0.770. The highest BCUT2D eigenvalue weighted by Crippen LogP contribution is 2.20. The third-order valence-corrected chi connectivity index (χ3v) is 2.96. The van der Waals surface area contributed by atoms with Crippen molar-refractivity contribution in [1.29, 1.82) is 0 Å². The molecule has 0 unspecified atom stereocenters. The zero-order chi connectivity index (χ0) is 11.4. The van der Waals surface area contributed by atoms with E-state index < -0.39 is 6.10 Å². The van der Waals surface area contributed by atoms with Crippen molar-refractivity contribution >= 4 is 11.3 Å². The van der Waals surface area contributed by atoms with E-state index in [-0.39, 0.29) is 0 Å². The van der Waals surface area contributed by atoms with Gasteiger partial charge < -0.3 is 9.84 Å². The van der Waals surface area contributed by atoms with E-state index in [4.69, 9.17) is 4.74 Å². The molecular weight excluding hydrogens is 222 g/mol. The van der Waals surface area contributed by atoms with Crippen LogP contribution in [0.4, 0.5) is 0 Å². The van der Waals surface area contributed by atoms with Gasteiger partial charge in [0.2, 0.25) is 0 Å². The summed E-state index contributed by atoms with van der Waals surface area (Å²) in [7, 11) is 0. The average Bonchev–Trinajstić information content (AvgIpc) is 2.79. The fraction of sp³-hybridized carbons (Fsp3) is 0.250. The molecule has 3 nitrogen and oxygen atoms in total. The van der Waals surface area contributed by atoms with E-state index in [0.717, 1.165) is 16.2 Å². The first-order chi connectivity index (χ1) is 7.75. The van der Waals surface area contributed by atoms with Gasteiger partial charge in [-0.3, -0.25) is 4.98 Å². The van der Waals surface area contributed by atoms with Gasteiger partial charge >= 0.3 is 0 Å². The lowest BCUT2D eigenvalue weighted by Gasteiger charge is -2.08. The number of aliphatic hydroxyl groups excluding tert-OH is 1. The molecule has 1 aromatic carbocycles. The van der Waals surface area contributed by atoms with Crippen LogP contribution in [0.3, 0.4) is 0 Å². The van der Waals surface area contributed by atoms with Crippen molar-refractivity contribution in [2.24, 2.45) is 0 Å². The van der Waals surface area contributed by atoms with Crippen LogP contribution in [-0.4, -0.2) is 10.1 Å². The topological polar surface area (TPSA) is 42.4 Å². The lowest BCUT2D eigenvalue weighted by Crippen LogP contribution is -1.95. The Bertz CT molecular complexity index is 440. The zero-order valence-corrected chi connectivity index (χ0v) is 9.78. The van der Waals surface area contributed by atoms with Crippen LogP contribution in [0.15, 0.2) is 36.0 Å². The number of benzene rings is 1. The Labute approximate surface area is 98.4 Å². The second-order valence-corrected chi connectivity index (χ2v) is 4.48. The molecule has 16 heavy (non-hydrogen) atoms. The van der Waals surface area contributed by atoms with Gasteiger partial charge in [-0.05, 0) is 24.6 Å². The van der Waals surface area contributed by atoms with E-state index in [1.165, 1.54) is 0 Å². The Kier molecular flexibility index (Phi) is 3.54. The molecule has 1 heterocycles. The molecule has 2 aromatic rings. The van der Waals surface area contributed by atoms with Crippen LogP contribution >= 0.6 is 11.3 Å². The van der Waals surface area contributed by atoms with Crippen LogP contribution in [-0.2, 0) is 6.61 Å². The maximum atomic E-state index is 9.44. The molecule has 2 rings (SSSR count). The van der Waals surface area contributed by atoms with Gasteiger partial charge in [0.15, 0.2) is 0 Å². The third kappa shape index (κ3) is 2.81. The molecule has 0 fully saturated rings. The molecule has 0 bridgehead atoms. The van der Waals surface area contributed by atoms with E-state index in [0.29, 0.717) is 6.61 Å². The first-order valence-corrected chi connectivity index (χ1v) is 5.92. The van der Waals surface area contributed by atoms with E-state index in [2.05, 4.69) is 4.98 Å². The normalized spacial score (nSPS) is 12.4. The van der Waals surface area contributed by atoms with Gasteiger partial charge in [-0.25, -0.2) is 0 Å². The number of hydrogen-bond donors (Lipinski definition) is 1. The van der Waals surface area contributed by atoms with Crippen molar-refractivity contribution in [3.8, 4) is 5.75 Å². The quantitative estimate of drug-likeness (QED) is 0.886. The lowest BCUT2D eigenvalue weighted by molar-refractivity contribution is 0.198. The fourth-order valence-corrected chi connectivity index (χ4v) is 1.84. The van der Waals surface area contributed by atoms with Gasteiger partial charge in [0, 0.05) is 6.20 Å². The summed E-state index contributed by atoms with van der Waals surface area (Å²) in [6.45, 7) is 2.26. The molecule has 0 aliphatic heterocycles. The van der Waals surface area contributed by atoms with Crippen molar-refractivity contribution in [3.63, 3.8) is 0 Å². The van der Waals surface area contributed by atoms with E-state index in [1.54, 1.807) is 30.0 Å². The lowest BCUT2D eigenvalue weighted by atomic mass is 10.1. The summed E-state index contributed by atoms with van der Waals surface area (Å²) in [6.07, 6.45) is 1.33. The highest BCUT2D eigenvalue weighted by Gasteiger charge is 2.02. The second-order valence-electron chi connectivity index (χ2n) is 3.50. The molecule has 4 heteroatoms. The summed E-state index contributed by atoms with van der Waals surface area (Å²) in [6, 6.07) is 7.49. The Hall–Kier alpha value is -1.39. The Morgan fingerprint density at radius 3 is 3.06 bits per heavy atom. The van der Waals surface area contributed by atoms with Crippen molar-refractivity contribution in [2.75, 3.05) is 0 Å². The largest absolute Gasteiger partial charge is 0.488 e. The molecule has 0 saturated carbocycles.